The highest BCUT2D eigenvalue weighted by Crippen LogP contribution is 2.23. The van der Waals surface area contributed by atoms with Gasteiger partial charge in [0.25, 0.3) is 11.8 Å². The van der Waals surface area contributed by atoms with Gasteiger partial charge in [-0.2, -0.15) is 0 Å². The molecule has 4 heteroatoms. The van der Waals surface area contributed by atoms with Crippen molar-refractivity contribution in [3.63, 3.8) is 0 Å². The average Bonchev–Trinajstić information content (AvgIpc) is 3.38. The largest absolute Gasteiger partial charge is 0.349 e. The van der Waals surface area contributed by atoms with Crippen LogP contribution in [0.4, 0.5) is 5.69 Å². The topological polar surface area (TPSA) is 58.2 Å². The van der Waals surface area contributed by atoms with Crippen LogP contribution in [-0.4, -0.2) is 17.9 Å². The molecule has 0 radical (unpaired) electrons. The second kappa shape index (κ2) is 6.71. The lowest BCUT2D eigenvalue weighted by Crippen LogP contribution is -2.25. The van der Waals surface area contributed by atoms with Crippen LogP contribution in [0.2, 0.25) is 0 Å². The van der Waals surface area contributed by atoms with Gasteiger partial charge in [0.15, 0.2) is 0 Å². The Morgan fingerprint density at radius 3 is 1.84 bits per heavy atom. The van der Waals surface area contributed by atoms with Crippen molar-refractivity contribution < 1.29 is 9.59 Å². The molecule has 0 heterocycles. The first-order valence-electron chi connectivity index (χ1n) is 8.66. The SMILES string of the molecule is CC(C)(C)c1ccc(NC(=O)c2ccc(C(=O)NC3CC3)cc2)cc1. The maximum atomic E-state index is 12.4. The van der Waals surface area contributed by atoms with E-state index in [9.17, 15) is 9.59 Å². The Balaban J connectivity index is 1.63. The highest BCUT2D eigenvalue weighted by Gasteiger charge is 2.23. The summed E-state index contributed by atoms with van der Waals surface area (Å²) in [6.07, 6.45) is 2.11. The van der Waals surface area contributed by atoms with Crippen molar-refractivity contribution in [1.82, 2.24) is 5.32 Å². The summed E-state index contributed by atoms with van der Waals surface area (Å²) in [6, 6.07) is 15.0. The molecule has 4 nitrogen and oxygen atoms in total. The monoisotopic (exact) mass is 336 g/mol. The lowest BCUT2D eigenvalue weighted by Gasteiger charge is -2.19. The molecular formula is C21H24N2O2. The number of hydrogen-bond donors (Lipinski definition) is 2. The molecule has 0 bridgehead atoms. The Hall–Kier alpha value is -2.62. The quantitative estimate of drug-likeness (QED) is 0.882. The van der Waals surface area contributed by atoms with Gasteiger partial charge < -0.3 is 10.6 Å². The smallest absolute Gasteiger partial charge is 0.255 e. The fraction of sp³-hybridized carbons (Fsp3) is 0.333. The van der Waals surface area contributed by atoms with Crippen LogP contribution < -0.4 is 10.6 Å². The van der Waals surface area contributed by atoms with Crippen LogP contribution in [0.1, 0.15) is 59.9 Å². The number of anilines is 1. The molecule has 2 aromatic carbocycles. The van der Waals surface area contributed by atoms with E-state index in [0.29, 0.717) is 17.2 Å². The van der Waals surface area contributed by atoms with E-state index in [1.165, 1.54) is 5.56 Å². The lowest BCUT2D eigenvalue weighted by atomic mass is 9.87. The molecule has 130 valence electrons. The van der Waals surface area contributed by atoms with Gasteiger partial charge in [0.2, 0.25) is 0 Å². The van der Waals surface area contributed by atoms with E-state index in [1.54, 1.807) is 24.3 Å². The molecule has 1 saturated carbocycles. The van der Waals surface area contributed by atoms with Crippen molar-refractivity contribution in [3.05, 3.63) is 65.2 Å². The van der Waals surface area contributed by atoms with Crippen LogP contribution in [0.25, 0.3) is 0 Å². The zero-order chi connectivity index (χ0) is 18.0. The molecule has 0 aliphatic heterocycles. The van der Waals surface area contributed by atoms with Crippen LogP contribution in [0.5, 0.6) is 0 Å². The summed E-state index contributed by atoms with van der Waals surface area (Å²) in [5, 5.41) is 5.82. The molecule has 2 N–H and O–H groups in total. The van der Waals surface area contributed by atoms with Gasteiger partial charge in [0.05, 0.1) is 0 Å². The van der Waals surface area contributed by atoms with Gasteiger partial charge in [-0.05, 0) is 60.2 Å². The standard InChI is InChI=1S/C21H24N2O2/c1-21(2,3)16-8-10-17(11-9-16)22-19(24)14-4-6-15(7-5-14)20(25)23-18-12-13-18/h4-11,18H,12-13H2,1-3H3,(H,22,24)(H,23,25). The third kappa shape index (κ3) is 4.47. The third-order valence-electron chi connectivity index (χ3n) is 4.33. The molecule has 1 fully saturated rings. The lowest BCUT2D eigenvalue weighted by molar-refractivity contribution is 0.0949. The number of hydrogen-bond acceptors (Lipinski definition) is 2. The van der Waals surface area contributed by atoms with Crippen molar-refractivity contribution in [3.8, 4) is 0 Å². The molecule has 0 aromatic heterocycles. The predicted molar refractivity (Wildman–Crippen MR) is 100 cm³/mol. The molecule has 1 aliphatic carbocycles. The van der Waals surface area contributed by atoms with E-state index in [4.69, 9.17) is 0 Å². The molecule has 0 saturated heterocycles. The summed E-state index contributed by atoms with van der Waals surface area (Å²) in [6.45, 7) is 6.46. The zero-order valence-electron chi connectivity index (χ0n) is 14.9. The number of carbonyl (C=O) groups excluding carboxylic acids is 2. The van der Waals surface area contributed by atoms with Gasteiger partial charge in [-0.1, -0.05) is 32.9 Å². The van der Waals surface area contributed by atoms with E-state index < -0.39 is 0 Å². The highest BCUT2D eigenvalue weighted by atomic mass is 16.2. The minimum atomic E-state index is -0.183. The van der Waals surface area contributed by atoms with Gasteiger partial charge in [-0.3, -0.25) is 9.59 Å². The second-order valence-corrected chi connectivity index (χ2v) is 7.61. The normalized spacial score (nSPS) is 14.0. The van der Waals surface area contributed by atoms with Crippen LogP contribution in [0, 0.1) is 0 Å². The maximum absolute atomic E-state index is 12.4. The Kier molecular flexibility index (Phi) is 4.62. The first kappa shape index (κ1) is 17.2. The average molecular weight is 336 g/mol. The van der Waals surface area contributed by atoms with Crippen molar-refractivity contribution in [2.45, 2.75) is 45.1 Å². The molecule has 0 spiro atoms. The van der Waals surface area contributed by atoms with E-state index >= 15 is 0 Å². The summed E-state index contributed by atoms with van der Waals surface area (Å²) in [4.78, 5) is 24.3. The van der Waals surface area contributed by atoms with Crippen molar-refractivity contribution in [2.75, 3.05) is 5.32 Å². The van der Waals surface area contributed by atoms with Gasteiger partial charge in [0.1, 0.15) is 0 Å². The fourth-order valence-corrected chi connectivity index (χ4v) is 2.53. The molecular weight excluding hydrogens is 312 g/mol. The predicted octanol–water partition coefficient (Wildman–Crippen LogP) is 4.13. The summed E-state index contributed by atoms with van der Waals surface area (Å²) in [7, 11) is 0. The van der Waals surface area contributed by atoms with Gasteiger partial charge in [-0.15, -0.1) is 0 Å². The van der Waals surface area contributed by atoms with Crippen molar-refractivity contribution in [2.24, 2.45) is 0 Å². The summed E-state index contributed by atoms with van der Waals surface area (Å²) in [5.74, 6) is -0.259. The Bertz CT molecular complexity index is 767. The van der Waals surface area contributed by atoms with E-state index in [1.807, 2.05) is 24.3 Å². The Labute approximate surface area is 148 Å². The van der Waals surface area contributed by atoms with Crippen LogP contribution in [0.15, 0.2) is 48.5 Å². The van der Waals surface area contributed by atoms with Crippen LogP contribution in [0.3, 0.4) is 0 Å². The minimum Gasteiger partial charge on any atom is -0.349 e. The maximum Gasteiger partial charge on any atom is 0.255 e. The number of rotatable bonds is 4. The Morgan fingerprint density at radius 2 is 1.36 bits per heavy atom. The molecule has 0 unspecified atom stereocenters. The molecule has 1 aliphatic rings. The Morgan fingerprint density at radius 1 is 0.840 bits per heavy atom. The van der Waals surface area contributed by atoms with Crippen molar-refractivity contribution in [1.29, 1.82) is 0 Å². The summed E-state index contributed by atoms with van der Waals surface area (Å²) < 4.78 is 0. The molecule has 2 amide bonds. The zero-order valence-corrected chi connectivity index (χ0v) is 14.9. The summed E-state index contributed by atoms with van der Waals surface area (Å²) in [5.41, 5.74) is 3.17. The van der Waals surface area contributed by atoms with E-state index in [0.717, 1.165) is 18.5 Å². The van der Waals surface area contributed by atoms with E-state index in [2.05, 4.69) is 31.4 Å². The van der Waals surface area contributed by atoms with Crippen LogP contribution >= 0.6 is 0 Å². The highest BCUT2D eigenvalue weighted by molar-refractivity contribution is 6.05. The first-order chi connectivity index (χ1) is 11.8. The minimum absolute atomic E-state index is 0.0766. The van der Waals surface area contributed by atoms with Gasteiger partial charge in [-0.25, -0.2) is 0 Å². The first-order valence-corrected chi connectivity index (χ1v) is 8.66. The number of nitrogens with one attached hydrogen (secondary N) is 2. The van der Waals surface area contributed by atoms with Gasteiger partial charge in [0, 0.05) is 22.9 Å². The van der Waals surface area contributed by atoms with Crippen LogP contribution in [-0.2, 0) is 5.41 Å². The molecule has 25 heavy (non-hydrogen) atoms. The molecule has 3 rings (SSSR count). The van der Waals surface area contributed by atoms with Crippen molar-refractivity contribution >= 4 is 17.5 Å². The number of amides is 2. The summed E-state index contributed by atoms with van der Waals surface area (Å²) >= 11 is 0. The molecule has 2 aromatic rings. The van der Waals surface area contributed by atoms with Gasteiger partial charge >= 0.3 is 0 Å². The fourth-order valence-electron chi connectivity index (χ4n) is 2.53. The number of benzene rings is 2. The third-order valence-corrected chi connectivity index (χ3v) is 4.33. The molecule has 0 atom stereocenters. The number of carbonyl (C=O) groups is 2. The second-order valence-electron chi connectivity index (χ2n) is 7.61. The van der Waals surface area contributed by atoms with E-state index in [-0.39, 0.29) is 17.2 Å².